The molecule has 1 aromatic carbocycles. The van der Waals surface area contributed by atoms with Crippen molar-refractivity contribution in [2.24, 2.45) is 5.92 Å². The fraction of sp³-hybridized carbons (Fsp3) is 0.455. The number of aliphatic hydroxyl groups excluding tert-OH is 1. The highest BCUT2D eigenvalue weighted by Gasteiger charge is 2.08. The molecule has 0 bridgehead atoms. The molecule has 0 aliphatic carbocycles. The molecule has 4 heteroatoms. The van der Waals surface area contributed by atoms with Crippen LogP contribution in [0.2, 0.25) is 0 Å². The van der Waals surface area contributed by atoms with Crippen LogP contribution in [-0.2, 0) is 6.54 Å². The van der Waals surface area contributed by atoms with Crippen molar-refractivity contribution in [3.05, 3.63) is 35.4 Å². The molecular formula is C11H15F2NO. The van der Waals surface area contributed by atoms with Gasteiger partial charge in [0.1, 0.15) is 11.6 Å². The van der Waals surface area contributed by atoms with Crippen LogP contribution in [0, 0.1) is 17.6 Å². The zero-order chi connectivity index (χ0) is 11.3. The Morgan fingerprint density at radius 3 is 2.47 bits per heavy atom. The van der Waals surface area contributed by atoms with E-state index in [-0.39, 0.29) is 24.6 Å². The van der Waals surface area contributed by atoms with Crippen molar-refractivity contribution in [1.82, 2.24) is 5.32 Å². The second-order valence-electron chi connectivity index (χ2n) is 3.62. The van der Waals surface area contributed by atoms with Crippen LogP contribution in [-0.4, -0.2) is 18.3 Å². The van der Waals surface area contributed by atoms with Gasteiger partial charge in [0.2, 0.25) is 0 Å². The SMILES string of the molecule is CC(CO)CNCc1c(F)cccc1F. The monoisotopic (exact) mass is 215 g/mol. The Balaban J connectivity index is 2.50. The van der Waals surface area contributed by atoms with E-state index in [1.165, 1.54) is 18.2 Å². The Bertz CT molecular complexity index is 297. The van der Waals surface area contributed by atoms with Gasteiger partial charge in [0.05, 0.1) is 0 Å². The third-order valence-corrected chi connectivity index (χ3v) is 2.17. The highest BCUT2D eigenvalue weighted by atomic mass is 19.1. The summed E-state index contributed by atoms with van der Waals surface area (Å²) in [6.45, 7) is 2.59. The molecule has 0 radical (unpaired) electrons. The lowest BCUT2D eigenvalue weighted by Gasteiger charge is -2.10. The topological polar surface area (TPSA) is 32.3 Å². The molecule has 84 valence electrons. The van der Waals surface area contributed by atoms with Gasteiger partial charge < -0.3 is 10.4 Å². The lowest BCUT2D eigenvalue weighted by Crippen LogP contribution is -2.23. The average molecular weight is 215 g/mol. The van der Waals surface area contributed by atoms with Gasteiger partial charge in [-0.25, -0.2) is 8.78 Å². The van der Waals surface area contributed by atoms with Gasteiger partial charge in [-0.1, -0.05) is 13.0 Å². The van der Waals surface area contributed by atoms with E-state index in [1.54, 1.807) is 0 Å². The van der Waals surface area contributed by atoms with Gasteiger partial charge in [0.15, 0.2) is 0 Å². The van der Waals surface area contributed by atoms with E-state index in [0.717, 1.165) is 0 Å². The fourth-order valence-electron chi connectivity index (χ4n) is 1.21. The van der Waals surface area contributed by atoms with Gasteiger partial charge in [-0.3, -0.25) is 0 Å². The van der Waals surface area contributed by atoms with E-state index in [1.807, 2.05) is 6.92 Å². The number of hydrogen-bond donors (Lipinski definition) is 2. The molecule has 1 atom stereocenters. The molecule has 0 aliphatic rings. The highest BCUT2D eigenvalue weighted by Crippen LogP contribution is 2.11. The van der Waals surface area contributed by atoms with Gasteiger partial charge in [-0.05, 0) is 18.1 Å². The van der Waals surface area contributed by atoms with E-state index < -0.39 is 11.6 Å². The molecule has 15 heavy (non-hydrogen) atoms. The third-order valence-electron chi connectivity index (χ3n) is 2.17. The van der Waals surface area contributed by atoms with Crippen molar-refractivity contribution in [1.29, 1.82) is 0 Å². The van der Waals surface area contributed by atoms with Crippen LogP contribution < -0.4 is 5.32 Å². The maximum atomic E-state index is 13.1. The molecule has 1 aromatic rings. The van der Waals surface area contributed by atoms with E-state index in [9.17, 15) is 8.78 Å². The van der Waals surface area contributed by atoms with Gasteiger partial charge in [-0.2, -0.15) is 0 Å². The zero-order valence-electron chi connectivity index (χ0n) is 8.63. The minimum absolute atomic E-state index is 0.0441. The molecule has 2 N–H and O–H groups in total. The molecule has 2 nitrogen and oxygen atoms in total. The molecule has 0 aromatic heterocycles. The number of nitrogens with one attached hydrogen (secondary N) is 1. The lowest BCUT2D eigenvalue weighted by molar-refractivity contribution is 0.233. The van der Waals surface area contributed by atoms with E-state index in [4.69, 9.17) is 5.11 Å². The highest BCUT2D eigenvalue weighted by molar-refractivity contribution is 5.19. The van der Waals surface area contributed by atoms with Crippen LogP contribution in [0.4, 0.5) is 8.78 Å². The fourth-order valence-corrected chi connectivity index (χ4v) is 1.21. The Morgan fingerprint density at radius 2 is 1.93 bits per heavy atom. The third kappa shape index (κ3) is 3.57. The first-order valence-electron chi connectivity index (χ1n) is 4.89. The van der Waals surface area contributed by atoms with Crippen molar-refractivity contribution in [3.63, 3.8) is 0 Å². The van der Waals surface area contributed by atoms with Crippen molar-refractivity contribution < 1.29 is 13.9 Å². The van der Waals surface area contributed by atoms with Gasteiger partial charge in [-0.15, -0.1) is 0 Å². The van der Waals surface area contributed by atoms with E-state index in [2.05, 4.69) is 5.32 Å². The number of hydrogen-bond acceptors (Lipinski definition) is 2. The first kappa shape index (κ1) is 12.1. The summed E-state index contributed by atoms with van der Waals surface area (Å²) < 4.78 is 26.3. The normalized spacial score (nSPS) is 12.8. The molecule has 0 fully saturated rings. The van der Waals surface area contributed by atoms with Crippen LogP contribution in [0.25, 0.3) is 0 Å². The molecule has 1 rings (SSSR count). The summed E-state index contributed by atoms with van der Waals surface area (Å²) in [5.41, 5.74) is 0.0441. The van der Waals surface area contributed by atoms with Gasteiger partial charge >= 0.3 is 0 Å². The Labute approximate surface area is 87.9 Å². The minimum atomic E-state index is -0.542. The van der Waals surface area contributed by atoms with Crippen LogP contribution >= 0.6 is 0 Å². The number of halogens is 2. The summed E-state index contributed by atoms with van der Waals surface area (Å²) in [5.74, 6) is -1.00. The summed E-state index contributed by atoms with van der Waals surface area (Å²) in [5, 5.41) is 11.6. The first-order chi connectivity index (χ1) is 7.15. The Morgan fingerprint density at radius 1 is 1.33 bits per heavy atom. The second kappa shape index (κ2) is 5.78. The van der Waals surface area contributed by atoms with Crippen LogP contribution in [0.1, 0.15) is 12.5 Å². The predicted molar refractivity (Wildman–Crippen MR) is 54.3 cm³/mol. The summed E-state index contributed by atoms with van der Waals surface area (Å²) in [6.07, 6.45) is 0. The number of rotatable bonds is 5. The lowest BCUT2D eigenvalue weighted by atomic mass is 10.1. The Hall–Kier alpha value is -1.00. The zero-order valence-corrected chi connectivity index (χ0v) is 8.63. The molecule has 0 heterocycles. The minimum Gasteiger partial charge on any atom is -0.396 e. The van der Waals surface area contributed by atoms with Crippen molar-refractivity contribution in [3.8, 4) is 0 Å². The molecule has 0 amide bonds. The van der Waals surface area contributed by atoms with Crippen molar-refractivity contribution in [2.75, 3.05) is 13.2 Å². The number of benzene rings is 1. The van der Waals surface area contributed by atoms with Gasteiger partial charge in [0.25, 0.3) is 0 Å². The maximum Gasteiger partial charge on any atom is 0.130 e. The largest absolute Gasteiger partial charge is 0.396 e. The van der Waals surface area contributed by atoms with Crippen LogP contribution in [0.3, 0.4) is 0 Å². The summed E-state index contributed by atoms with van der Waals surface area (Å²) >= 11 is 0. The Kier molecular flexibility index (Phi) is 4.65. The summed E-state index contributed by atoms with van der Waals surface area (Å²) in [6, 6.07) is 3.80. The molecule has 1 unspecified atom stereocenters. The van der Waals surface area contributed by atoms with Crippen molar-refractivity contribution >= 4 is 0 Å². The van der Waals surface area contributed by atoms with Crippen molar-refractivity contribution in [2.45, 2.75) is 13.5 Å². The standard InChI is InChI=1S/C11H15F2NO/c1-8(7-15)5-14-6-9-10(12)3-2-4-11(9)13/h2-4,8,14-15H,5-7H2,1H3. The smallest absolute Gasteiger partial charge is 0.130 e. The maximum absolute atomic E-state index is 13.1. The van der Waals surface area contributed by atoms with E-state index >= 15 is 0 Å². The second-order valence-corrected chi connectivity index (χ2v) is 3.62. The van der Waals surface area contributed by atoms with Crippen LogP contribution in [0.15, 0.2) is 18.2 Å². The van der Waals surface area contributed by atoms with Crippen LogP contribution in [0.5, 0.6) is 0 Å². The average Bonchev–Trinajstić information content (AvgIpc) is 2.22. The predicted octanol–water partition coefficient (Wildman–Crippen LogP) is 1.68. The summed E-state index contributed by atoms with van der Waals surface area (Å²) in [7, 11) is 0. The molecule has 0 spiro atoms. The van der Waals surface area contributed by atoms with Gasteiger partial charge in [0, 0.05) is 25.3 Å². The molecule has 0 saturated carbocycles. The summed E-state index contributed by atoms with van der Waals surface area (Å²) in [4.78, 5) is 0. The molecule has 0 aliphatic heterocycles. The first-order valence-corrected chi connectivity index (χ1v) is 4.89. The molecule has 0 saturated heterocycles. The number of aliphatic hydroxyl groups is 1. The van der Waals surface area contributed by atoms with E-state index in [0.29, 0.717) is 6.54 Å². The molecular weight excluding hydrogens is 200 g/mol. The quantitative estimate of drug-likeness (QED) is 0.783.